The van der Waals surface area contributed by atoms with Gasteiger partial charge in [0.1, 0.15) is 16.1 Å². The van der Waals surface area contributed by atoms with E-state index in [2.05, 4.69) is 183 Å². The van der Waals surface area contributed by atoms with Crippen LogP contribution in [0.15, 0.2) is 34.1 Å². The van der Waals surface area contributed by atoms with Crippen LogP contribution in [-0.4, -0.2) is 44.8 Å². The molecule has 0 unspecified atom stereocenters. The summed E-state index contributed by atoms with van der Waals surface area (Å²) in [6.45, 7) is 28.4. The SMILES string of the molecule is CSc1cc(C#C[Si](C)(C)C)c(SC)cc1C#C[Si](C)(C)C.C[Si](C)(C)c1sc2cc3c(I)c([Si](C)(C)C)sc3cc2c1I. The van der Waals surface area contributed by atoms with Gasteiger partial charge in [0, 0.05) is 57.2 Å². The molecule has 0 spiro atoms. The lowest BCUT2D eigenvalue weighted by Gasteiger charge is -2.14. The first-order valence-corrected chi connectivity index (χ1v) is 35.0. The maximum Gasteiger partial charge on any atom is 0.129 e. The predicted octanol–water partition coefficient (Wildman–Crippen LogP) is 12.0. The Morgan fingerprint density at radius 2 is 0.864 bits per heavy atom. The molecule has 2 aromatic carbocycles. The summed E-state index contributed by atoms with van der Waals surface area (Å²) < 4.78 is 9.29. The molecule has 0 fully saturated rings. The van der Waals surface area contributed by atoms with Crippen LogP contribution in [0.2, 0.25) is 78.6 Å². The molecular formula is C34H46I2S4Si4. The van der Waals surface area contributed by atoms with Crippen molar-refractivity contribution < 1.29 is 0 Å². The van der Waals surface area contributed by atoms with Gasteiger partial charge < -0.3 is 0 Å². The summed E-state index contributed by atoms with van der Waals surface area (Å²) in [4.78, 5) is 2.48. The third kappa shape index (κ3) is 10.3. The molecule has 10 heteroatoms. The molecule has 0 atom stereocenters. The molecule has 2 heterocycles. The Kier molecular flexibility index (Phi) is 13.2. The van der Waals surface area contributed by atoms with Crippen molar-refractivity contribution in [3.63, 3.8) is 0 Å². The molecule has 236 valence electrons. The molecule has 0 N–H and O–H groups in total. The van der Waals surface area contributed by atoms with Crippen LogP contribution >= 0.6 is 91.4 Å². The highest BCUT2D eigenvalue weighted by Gasteiger charge is 2.27. The first kappa shape index (κ1) is 39.0. The van der Waals surface area contributed by atoms with E-state index in [1.165, 1.54) is 37.1 Å². The summed E-state index contributed by atoms with van der Waals surface area (Å²) in [6, 6.07) is 9.36. The number of rotatable bonds is 4. The molecule has 0 aliphatic heterocycles. The van der Waals surface area contributed by atoms with Crippen LogP contribution in [0.4, 0.5) is 0 Å². The highest BCUT2D eigenvalue weighted by Crippen LogP contribution is 2.36. The minimum absolute atomic E-state index is 1.15. The summed E-state index contributed by atoms with van der Waals surface area (Å²) >= 11 is 12.8. The fraction of sp³-hybridized carbons (Fsp3) is 0.412. The van der Waals surface area contributed by atoms with Crippen LogP contribution in [0.5, 0.6) is 0 Å². The highest BCUT2D eigenvalue weighted by molar-refractivity contribution is 14.1. The van der Waals surface area contributed by atoms with Gasteiger partial charge in [0.2, 0.25) is 0 Å². The second-order valence-corrected chi connectivity index (χ2v) is 41.3. The van der Waals surface area contributed by atoms with E-state index in [0.29, 0.717) is 0 Å². The van der Waals surface area contributed by atoms with Crippen LogP contribution < -0.4 is 9.00 Å². The smallest absolute Gasteiger partial charge is 0.129 e. The molecule has 0 aliphatic rings. The topological polar surface area (TPSA) is 0 Å². The molecule has 0 saturated heterocycles. The predicted molar refractivity (Wildman–Crippen MR) is 239 cm³/mol. The zero-order valence-electron chi connectivity index (χ0n) is 28.7. The van der Waals surface area contributed by atoms with Crippen molar-refractivity contribution >= 4 is 153 Å². The monoisotopic (exact) mass is 948 g/mol. The summed E-state index contributed by atoms with van der Waals surface area (Å²) in [7, 11) is -5.22. The molecule has 0 saturated carbocycles. The quantitative estimate of drug-likeness (QED) is 0.0865. The van der Waals surface area contributed by atoms with Gasteiger partial charge in [0.05, 0.1) is 16.1 Å². The van der Waals surface area contributed by atoms with Gasteiger partial charge in [-0.3, -0.25) is 0 Å². The minimum Gasteiger partial charge on any atom is -0.144 e. The average molecular weight is 949 g/mol. The zero-order valence-corrected chi connectivity index (χ0v) is 40.3. The molecule has 4 rings (SSSR count). The molecule has 44 heavy (non-hydrogen) atoms. The van der Waals surface area contributed by atoms with E-state index in [0.717, 1.165) is 11.1 Å². The molecule has 0 bridgehead atoms. The van der Waals surface area contributed by atoms with Crippen LogP contribution in [0.3, 0.4) is 0 Å². The van der Waals surface area contributed by atoms with Crippen molar-refractivity contribution in [1.82, 2.24) is 0 Å². The summed E-state index contributed by atoms with van der Waals surface area (Å²) in [5.74, 6) is 6.83. The van der Waals surface area contributed by atoms with Crippen molar-refractivity contribution in [1.29, 1.82) is 0 Å². The van der Waals surface area contributed by atoms with E-state index in [4.69, 9.17) is 0 Å². The number of fused-ring (bicyclic) bond motifs is 2. The Balaban J connectivity index is 0.000000240. The third-order valence-electron chi connectivity index (χ3n) is 6.41. The number of halogens is 2. The Morgan fingerprint density at radius 3 is 1.11 bits per heavy atom. The van der Waals surface area contributed by atoms with Crippen molar-refractivity contribution in [2.24, 2.45) is 0 Å². The van der Waals surface area contributed by atoms with Gasteiger partial charge in [-0.25, -0.2) is 0 Å². The van der Waals surface area contributed by atoms with E-state index in [-0.39, 0.29) is 0 Å². The fourth-order valence-electron chi connectivity index (χ4n) is 4.19. The van der Waals surface area contributed by atoms with E-state index in [1.807, 2.05) is 22.7 Å². The van der Waals surface area contributed by atoms with Crippen LogP contribution in [0.1, 0.15) is 11.1 Å². The Hall–Kier alpha value is 0.508. The Bertz CT molecular complexity index is 1670. The zero-order chi connectivity index (χ0) is 33.4. The number of thioether (sulfide) groups is 2. The van der Waals surface area contributed by atoms with E-state index >= 15 is 0 Å². The molecule has 0 aliphatic carbocycles. The van der Waals surface area contributed by atoms with Crippen LogP contribution in [0.25, 0.3) is 20.2 Å². The lowest BCUT2D eigenvalue weighted by molar-refractivity contribution is 1.29. The lowest BCUT2D eigenvalue weighted by atomic mass is 10.1. The van der Waals surface area contributed by atoms with Gasteiger partial charge in [-0.1, -0.05) is 90.4 Å². The number of hydrogen-bond donors (Lipinski definition) is 0. The second-order valence-electron chi connectivity index (χ2n) is 15.1. The maximum atomic E-state index is 3.48. The van der Waals surface area contributed by atoms with Gasteiger partial charge in [-0.15, -0.1) is 57.3 Å². The molecule has 0 radical (unpaired) electrons. The standard InChI is InChI=1S/C18H26S2Si2.C16H20I2S2Si2/c1-19-17-13-16(10-12-22(6,7)8)18(20-2)14-15(17)9-11-21(3,4)5;1-21(2,3)15-13(17)9-7-12-10(8-11(9)19-15)14(18)16(20-12)22(4,5)6/h13-14H,1-8H3;7-8H,1-6H3. The van der Waals surface area contributed by atoms with Crippen molar-refractivity contribution in [3.8, 4) is 22.9 Å². The second kappa shape index (κ2) is 15.0. The first-order chi connectivity index (χ1) is 20.1. The summed E-state index contributed by atoms with van der Waals surface area (Å²) in [6.07, 6.45) is 4.23. The highest BCUT2D eigenvalue weighted by atomic mass is 127. The molecular weight excluding hydrogens is 903 g/mol. The van der Waals surface area contributed by atoms with Crippen LogP contribution in [0, 0.1) is 30.1 Å². The van der Waals surface area contributed by atoms with Crippen molar-refractivity contribution in [3.05, 3.63) is 42.5 Å². The molecule has 4 aromatic rings. The fourth-order valence-corrected chi connectivity index (χ4v) is 19.5. The Morgan fingerprint density at radius 1 is 0.545 bits per heavy atom. The maximum absolute atomic E-state index is 3.48. The van der Waals surface area contributed by atoms with E-state index in [1.54, 1.807) is 32.5 Å². The van der Waals surface area contributed by atoms with Gasteiger partial charge in [-0.2, -0.15) is 0 Å². The first-order valence-electron chi connectivity index (χ1n) is 14.7. The minimum atomic E-state index is -1.36. The van der Waals surface area contributed by atoms with Crippen molar-refractivity contribution in [2.45, 2.75) is 88.4 Å². The molecule has 2 aromatic heterocycles. The summed E-state index contributed by atoms with van der Waals surface area (Å²) in [5, 5.41) is 2.96. The number of benzene rings is 2. The largest absolute Gasteiger partial charge is 0.144 e. The van der Waals surface area contributed by atoms with Crippen LogP contribution in [-0.2, 0) is 0 Å². The van der Waals surface area contributed by atoms with E-state index in [9.17, 15) is 0 Å². The average Bonchev–Trinajstić information content (AvgIpc) is 3.40. The third-order valence-corrected chi connectivity index (χ3v) is 23.1. The lowest BCUT2D eigenvalue weighted by Crippen LogP contribution is -2.36. The number of thiophene rings is 2. The van der Waals surface area contributed by atoms with Gasteiger partial charge >= 0.3 is 0 Å². The summed E-state index contributed by atoms with van der Waals surface area (Å²) in [5.41, 5.74) is 9.26. The number of hydrogen-bond acceptors (Lipinski definition) is 4. The normalized spacial score (nSPS) is 12.4. The van der Waals surface area contributed by atoms with Gasteiger partial charge in [-0.05, 0) is 82.0 Å². The van der Waals surface area contributed by atoms with Gasteiger partial charge in [0.25, 0.3) is 0 Å². The van der Waals surface area contributed by atoms with Gasteiger partial charge in [0.15, 0.2) is 0 Å². The van der Waals surface area contributed by atoms with E-state index < -0.39 is 32.3 Å². The Labute approximate surface area is 315 Å². The molecule has 0 amide bonds. The van der Waals surface area contributed by atoms with Crippen molar-refractivity contribution in [2.75, 3.05) is 12.5 Å². The molecule has 0 nitrogen and oxygen atoms in total.